The summed E-state index contributed by atoms with van der Waals surface area (Å²) in [6.07, 6.45) is 1.10. The Balaban J connectivity index is 2.15. The standard InChI is InChI=1S/C11H11Cl3N2S/c1-2-7-5-15-11(17-7)16-10-8(13)3-6(12)4-9(10)14/h3-4,7H,2,5H2,1H3,(H,15,16). The number of nitrogens with zero attached hydrogens (tertiary/aromatic N) is 1. The van der Waals surface area contributed by atoms with Crippen LogP contribution in [0.5, 0.6) is 0 Å². The molecule has 1 unspecified atom stereocenters. The van der Waals surface area contributed by atoms with Crippen LogP contribution in [-0.2, 0) is 0 Å². The molecule has 0 bridgehead atoms. The van der Waals surface area contributed by atoms with E-state index in [2.05, 4.69) is 17.2 Å². The molecule has 0 spiro atoms. The number of nitrogens with one attached hydrogen (secondary N) is 1. The summed E-state index contributed by atoms with van der Waals surface area (Å²) in [6, 6.07) is 3.32. The van der Waals surface area contributed by atoms with E-state index in [4.69, 9.17) is 34.8 Å². The molecular formula is C11H11Cl3N2S. The van der Waals surface area contributed by atoms with Crippen LogP contribution in [-0.4, -0.2) is 17.0 Å². The minimum atomic E-state index is 0.505. The summed E-state index contributed by atoms with van der Waals surface area (Å²) < 4.78 is 0. The molecule has 1 aromatic rings. The molecular weight excluding hydrogens is 299 g/mol. The molecule has 0 saturated carbocycles. The summed E-state index contributed by atoms with van der Waals surface area (Å²) in [5.41, 5.74) is 0.667. The lowest BCUT2D eigenvalue weighted by Crippen LogP contribution is -2.07. The number of benzene rings is 1. The van der Waals surface area contributed by atoms with E-state index >= 15 is 0 Å². The van der Waals surface area contributed by atoms with Crippen molar-refractivity contribution in [3.8, 4) is 0 Å². The molecule has 17 heavy (non-hydrogen) atoms. The van der Waals surface area contributed by atoms with Gasteiger partial charge in [0.15, 0.2) is 5.17 Å². The molecule has 2 rings (SSSR count). The van der Waals surface area contributed by atoms with E-state index in [9.17, 15) is 0 Å². The Labute approximate surface area is 120 Å². The number of thioether (sulfide) groups is 1. The maximum atomic E-state index is 6.09. The van der Waals surface area contributed by atoms with E-state index in [0.29, 0.717) is 26.0 Å². The summed E-state index contributed by atoms with van der Waals surface area (Å²) in [6.45, 7) is 2.99. The highest BCUT2D eigenvalue weighted by Gasteiger charge is 2.19. The Morgan fingerprint density at radius 3 is 2.53 bits per heavy atom. The lowest BCUT2D eigenvalue weighted by atomic mass is 10.3. The molecule has 1 N–H and O–H groups in total. The largest absolute Gasteiger partial charge is 0.333 e. The fourth-order valence-corrected chi connectivity index (χ4v) is 3.32. The first kappa shape index (κ1) is 13.3. The van der Waals surface area contributed by atoms with Crippen molar-refractivity contribution in [3.63, 3.8) is 0 Å². The van der Waals surface area contributed by atoms with E-state index in [-0.39, 0.29) is 0 Å². The Morgan fingerprint density at radius 1 is 1.35 bits per heavy atom. The van der Waals surface area contributed by atoms with E-state index in [1.54, 1.807) is 23.9 Å². The Kier molecular flexibility index (Phi) is 4.47. The van der Waals surface area contributed by atoms with Crippen molar-refractivity contribution in [1.82, 2.24) is 0 Å². The Hall–Kier alpha value is -0.0900. The van der Waals surface area contributed by atoms with Crippen LogP contribution in [0.2, 0.25) is 15.1 Å². The molecule has 1 aliphatic rings. The number of hydrogen-bond acceptors (Lipinski definition) is 3. The van der Waals surface area contributed by atoms with Crippen LogP contribution in [0.3, 0.4) is 0 Å². The van der Waals surface area contributed by atoms with Crippen molar-refractivity contribution in [3.05, 3.63) is 27.2 Å². The fraction of sp³-hybridized carbons (Fsp3) is 0.364. The SMILES string of the molecule is CCC1CN=C(Nc2c(Cl)cc(Cl)cc2Cl)S1. The molecule has 2 nitrogen and oxygen atoms in total. The van der Waals surface area contributed by atoms with Crippen molar-refractivity contribution >= 4 is 57.4 Å². The van der Waals surface area contributed by atoms with Gasteiger partial charge in [0.2, 0.25) is 0 Å². The molecule has 1 atom stereocenters. The monoisotopic (exact) mass is 308 g/mol. The van der Waals surface area contributed by atoms with Crippen LogP contribution in [0.4, 0.5) is 5.69 Å². The average Bonchev–Trinajstić information content (AvgIpc) is 2.71. The second-order valence-electron chi connectivity index (χ2n) is 3.66. The predicted molar refractivity (Wildman–Crippen MR) is 79.1 cm³/mol. The summed E-state index contributed by atoms with van der Waals surface area (Å²) >= 11 is 19.7. The minimum absolute atomic E-state index is 0.505. The van der Waals surface area contributed by atoms with E-state index < -0.39 is 0 Å². The van der Waals surface area contributed by atoms with Gasteiger partial charge >= 0.3 is 0 Å². The quantitative estimate of drug-likeness (QED) is 0.836. The number of aliphatic imine (C=N–C) groups is 1. The molecule has 0 aliphatic carbocycles. The highest BCUT2D eigenvalue weighted by Crippen LogP contribution is 2.35. The van der Waals surface area contributed by atoms with Crippen molar-refractivity contribution in [1.29, 1.82) is 0 Å². The van der Waals surface area contributed by atoms with Gasteiger partial charge in [-0.3, -0.25) is 4.99 Å². The topological polar surface area (TPSA) is 24.4 Å². The normalized spacial score (nSPS) is 19.3. The van der Waals surface area contributed by atoms with Crippen LogP contribution < -0.4 is 5.32 Å². The lowest BCUT2D eigenvalue weighted by Gasteiger charge is -2.11. The average molecular weight is 310 g/mol. The number of anilines is 1. The zero-order chi connectivity index (χ0) is 12.4. The van der Waals surface area contributed by atoms with Crippen molar-refractivity contribution < 1.29 is 0 Å². The maximum absolute atomic E-state index is 6.09. The first-order chi connectivity index (χ1) is 8.10. The molecule has 0 saturated heterocycles. The van der Waals surface area contributed by atoms with Gasteiger partial charge in [0.1, 0.15) is 0 Å². The first-order valence-electron chi connectivity index (χ1n) is 5.22. The van der Waals surface area contributed by atoms with E-state index in [0.717, 1.165) is 18.1 Å². The summed E-state index contributed by atoms with van der Waals surface area (Å²) in [4.78, 5) is 4.41. The predicted octanol–water partition coefficient (Wildman–Crippen LogP) is 4.94. The van der Waals surface area contributed by atoms with Crippen molar-refractivity contribution in [2.75, 3.05) is 11.9 Å². The van der Waals surface area contributed by atoms with Gasteiger partial charge in [-0.25, -0.2) is 0 Å². The molecule has 0 amide bonds. The number of amidine groups is 1. The van der Waals surface area contributed by atoms with Gasteiger partial charge in [0.25, 0.3) is 0 Å². The summed E-state index contributed by atoms with van der Waals surface area (Å²) in [7, 11) is 0. The van der Waals surface area contributed by atoms with Crippen LogP contribution in [0.25, 0.3) is 0 Å². The Morgan fingerprint density at radius 2 is 2.00 bits per heavy atom. The molecule has 1 aliphatic heterocycles. The summed E-state index contributed by atoms with van der Waals surface area (Å²) in [5.74, 6) is 0. The van der Waals surface area contributed by atoms with E-state index in [1.165, 1.54) is 0 Å². The smallest absolute Gasteiger partial charge is 0.161 e. The second-order valence-corrected chi connectivity index (χ2v) is 6.20. The van der Waals surface area contributed by atoms with Gasteiger partial charge < -0.3 is 5.32 Å². The maximum Gasteiger partial charge on any atom is 0.161 e. The van der Waals surface area contributed by atoms with Gasteiger partial charge in [0.05, 0.1) is 22.3 Å². The Bertz CT molecular complexity index is 439. The van der Waals surface area contributed by atoms with Crippen LogP contribution in [0.1, 0.15) is 13.3 Å². The minimum Gasteiger partial charge on any atom is -0.333 e. The van der Waals surface area contributed by atoms with Gasteiger partial charge in [-0.1, -0.05) is 53.5 Å². The number of rotatable bonds is 2. The first-order valence-corrected chi connectivity index (χ1v) is 7.24. The zero-order valence-electron chi connectivity index (χ0n) is 9.14. The highest BCUT2D eigenvalue weighted by molar-refractivity contribution is 8.15. The molecule has 0 fully saturated rings. The van der Waals surface area contributed by atoms with Gasteiger partial charge in [0, 0.05) is 10.3 Å². The molecule has 0 radical (unpaired) electrons. The fourth-order valence-electron chi connectivity index (χ4n) is 1.47. The van der Waals surface area contributed by atoms with Crippen molar-refractivity contribution in [2.24, 2.45) is 4.99 Å². The zero-order valence-corrected chi connectivity index (χ0v) is 12.2. The van der Waals surface area contributed by atoms with Crippen LogP contribution in [0, 0.1) is 0 Å². The van der Waals surface area contributed by atoms with Gasteiger partial charge in [-0.05, 0) is 18.6 Å². The second kappa shape index (κ2) is 5.70. The summed E-state index contributed by atoms with van der Waals surface area (Å²) in [5, 5.41) is 6.10. The highest BCUT2D eigenvalue weighted by atomic mass is 35.5. The lowest BCUT2D eigenvalue weighted by molar-refractivity contribution is 0.843. The molecule has 6 heteroatoms. The van der Waals surface area contributed by atoms with E-state index in [1.807, 2.05) is 0 Å². The van der Waals surface area contributed by atoms with Gasteiger partial charge in [-0.2, -0.15) is 0 Å². The number of halogens is 3. The van der Waals surface area contributed by atoms with Gasteiger partial charge in [-0.15, -0.1) is 0 Å². The molecule has 92 valence electrons. The molecule has 1 heterocycles. The molecule has 1 aromatic carbocycles. The molecule has 0 aromatic heterocycles. The number of hydrogen-bond donors (Lipinski definition) is 1. The third-order valence-electron chi connectivity index (χ3n) is 2.41. The van der Waals surface area contributed by atoms with Crippen LogP contribution >= 0.6 is 46.6 Å². The third kappa shape index (κ3) is 3.22. The van der Waals surface area contributed by atoms with Crippen molar-refractivity contribution in [2.45, 2.75) is 18.6 Å². The van der Waals surface area contributed by atoms with Crippen LogP contribution in [0.15, 0.2) is 17.1 Å². The third-order valence-corrected chi connectivity index (χ3v) is 4.50.